The van der Waals surface area contributed by atoms with Gasteiger partial charge in [-0.05, 0) is 73.2 Å². The van der Waals surface area contributed by atoms with Crippen LogP contribution in [0.5, 0.6) is 17.2 Å². The number of methoxy groups -OCH3 is 1. The number of amides is 1. The largest absolute Gasteiger partial charge is 0.497 e. The molecule has 0 spiro atoms. The predicted molar refractivity (Wildman–Crippen MR) is 128 cm³/mol. The molecule has 1 N–H and O–H groups in total. The molecule has 0 aliphatic heterocycles. The Hall–Kier alpha value is -3.85. The third kappa shape index (κ3) is 5.93. The molecule has 1 heterocycles. The van der Waals surface area contributed by atoms with Crippen molar-refractivity contribution >= 4 is 17.7 Å². The van der Waals surface area contributed by atoms with E-state index in [1.54, 1.807) is 31.4 Å². The summed E-state index contributed by atoms with van der Waals surface area (Å²) in [5, 5.41) is 11.9. The fourth-order valence-electron chi connectivity index (χ4n) is 3.16. The number of halogens is 1. The number of nitrogens with one attached hydrogen (secondary N) is 1. The van der Waals surface area contributed by atoms with Gasteiger partial charge in [0.15, 0.2) is 5.16 Å². The summed E-state index contributed by atoms with van der Waals surface area (Å²) in [5.74, 6) is 2.46. The summed E-state index contributed by atoms with van der Waals surface area (Å²) in [6.07, 6.45) is 0. The van der Waals surface area contributed by atoms with Crippen molar-refractivity contribution in [3.63, 3.8) is 0 Å². The van der Waals surface area contributed by atoms with Crippen LogP contribution < -0.4 is 14.8 Å². The number of aryl methyl sites for hydroxylation is 1. The third-order valence-corrected chi connectivity index (χ3v) is 5.85. The van der Waals surface area contributed by atoms with Gasteiger partial charge in [0.05, 0.1) is 12.9 Å². The van der Waals surface area contributed by atoms with Gasteiger partial charge in [0.25, 0.3) is 0 Å². The number of rotatable bonds is 9. The highest BCUT2D eigenvalue weighted by Crippen LogP contribution is 2.24. The number of aromatic nitrogens is 3. The minimum Gasteiger partial charge on any atom is -0.497 e. The van der Waals surface area contributed by atoms with Crippen LogP contribution in [0.4, 0.5) is 4.39 Å². The van der Waals surface area contributed by atoms with E-state index in [0.717, 1.165) is 22.8 Å². The van der Waals surface area contributed by atoms with Crippen LogP contribution >= 0.6 is 11.8 Å². The van der Waals surface area contributed by atoms with Crippen molar-refractivity contribution in [2.75, 3.05) is 12.9 Å². The quantitative estimate of drug-likeness (QED) is 0.344. The molecule has 0 bridgehead atoms. The Bertz CT molecular complexity index is 1240. The highest BCUT2D eigenvalue weighted by molar-refractivity contribution is 7.99. The summed E-state index contributed by atoms with van der Waals surface area (Å²) in [6, 6.07) is 20.8. The van der Waals surface area contributed by atoms with E-state index in [1.165, 1.54) is 23.9 Å². The zero-order valence-corrected chi connectivity index (χ0v) is 19.5. The molecule has 1 amide bonds. The number of thioether (sulfide) groups is 1. The van der Waals surface area contributed by atoms with Crippen molar-refractivity contribution in [1.82, 2.24) is 20.1 Å². The molecule has 0 aliphatic rings. The van der Waals surface area contributed by atoms with Crippen LogP contribution in [0.2, 0.25) is 0 Å². The summed E-state index contributed by atoms with van der Waals surface area (Å²) >= 11 is 1.32. The Morgan fingerprint density at radius 3 is 2.21 bits per heavy atom. The van der Waals surface area contributed by atoms with E-state index >= 15 is 0 Å². The van der Waals surface area contributed by atoms with E-state index in [-0.39, 0.29) is 17.5 Å². The molecule has 4 rings (SSSR count). The van der Waals surface area contributed by atoms with Gasteiger partial charge in [-0.3, -0.25) is 9.36 Å². The first-order valence-electron chi connectivity index (χ1n) is 10.5. The average molecular weight is 479 g/mol. The number of carbonyl (C=O) groups excluding carboxylic acids is 1. The highest BCUT2D eigenvalue weighted by Gasteiger charge is 2.13. The first-order valence-corrected chi connectivity index (χ1v) is 11.5. The fourth-order valence-corrected chi connectivity index (χ4v) is 3.99. The summed E-state index contributed by atoms with van der Waals surface area (Å²) in [6.45, 7) is 2.26. The number of hydrogen-bond acceptors (Lipinski definition) is 6. The number of benzene rings is 3. The van der Waals surface area contributed by atoms with E-state index in [2.05, 4.69) is 15.5 Å². The van der Waals surface area contributed by atoms with Gasteiger partial charge < -0.3 is 14.8 Å². The molecule has 0 saturated heterocycles. The maximum atomic E-state index is 13.0. The molecular formula is C25H23FN4O3S. The van der Waals surface area contributed by atoms with Crippen molar-refractivity contribution in [2.24, 2.45) is 0 Å². The SMILES string of the molecule is COc1ccc(-n2c(C)nnc2SCC(=O)NCc2ccc(Oc3ccc(F)cc3)cc2)cc1. The lowest BCUT2D eigenvalue weighted by Crippen LogP contribution is -2.24. The molecule has 9 heteroatoms. The van der Waals surface area contributed by atoms with E-state index in [9.17, 15) is 9.18 Å². The maximum absolute atomic E-state index is 13.0. The highest BCUT2D eigenvalue weighted by atomic mass is 32.2. The van der Waals surface area contributed by atoms with Gasteiger partial charge in [-0.25, -0.2) is 4.39 Å². The number of hydrogen-bond donors (Lipinski definition) is 1. The predicted octanol–water partition coefficient (Wildman–Crippen LogP) is 4.92. The van der Waals surface area contributed by atoms with E-state index < -0.39 is 0 Å². The number of ether oxygens (including phenoxy) is 2. The molecule has 1 aromatic heterocycles. The normalized spacial score (nSPS) is 10.7. The monoisotopic (exact) mass is 478 g/mol. The zero-order chi connectivity index (χ0) is 23.9. The van der Waals surface area contributed by atoms with Crippen LogP contribution in [0.1, 0.15) is 11.4 Å². The van der Waals surface area contributed by atoms with Crippen LogP contribution in [0, 0.1) is 12.7 Å². The van der Waals surface area contributed by atoms with Gasteiger partial charge in [-0.2, -0.15) is 0 Å². The second-order valence-corrected chi connectivity index (χ2v) is 8.27. The Morgan fingerprint density at radius 2 is 1.56 bits per heavy atom. The van der Waals surface area contributed by atoms with Gasteiger partial charge >= 0.3 is 0 Å². The maximum Gasteiger partial charge on any atom is 0.230 e. The molecule has 0 fully saturated rings. The summed E-state index contributed by atoms with van der Waals surface area (Å²) < 4.78 is 25.8. The molecule has 0 atom stereocenters. The lowest BCUT2D eigenvalue weighted by atomic mass is 10.2. The van der Waals surface area contributed by atoms with Crippen LogP contribution in [0.15, 0.2) is 78.0 Å². The molecule has 174 valence electrons. The van der Waals surface area contributed by atoms with Gasteiger partial charge in [-0.15, -0.1) is 10.2 Å². The topological polar surface area (TPSA) is 78.3 Å². The van der Waals surface area contributed by atoms with Crippen molar-refractivity contribution in [3.8, 4) is 22.9 Å². The molecule has 0 radical (unpaired) electrons. The Balaban J connectivity index is 1.29. The lowest BCUT2D eigenvalue weighted by Gasteiger charge is -2.10. The van der Waals surface area contributed by atoms with Crippen molar-refractivity contribution in [3.05, 3.63) is 90.0 Å². The molecule has 34 heavy (non-hydrogen) atoms. The Labute approximate surface area is 200 Å². The second kappa shape index (κ2) is 10.8. The zero-order valence-electron chi connectivity index (χ0n) is 18.7. The van der Waals surface area contributed by atoms with Crippen LogP contribution in [0.25, 0.3) is 5.69 Å². The van der Waals surface area contributed by atoms with E-state index in [1.807, 2.05) is 47.9 Å². The van der Waals surface area contributed by atoms with Gasteiger partial charge in [0.1, 0.15) is 28.9 Å². The molecule has 0 aliphatic carbocycles. The summed E-state index contributed by atoms with van der Waals surface area (Å²) in [5.41, 5.74) is 1.83. The summed E-state index contributed by atoms with van der Waals surface area (Å²) in [4.78, 5) is 12.4. The first kappa shape index (κ1) is 23.3. The minimum atomic E-state index is -0.312. The van der Waals surface area contributed by atoms with Gasteiger partial charge in [0.2, 0.25) is 5.91 Å². The van der Waals surface area contributed by atoms with E-state index in [4.69, 9.17) is 9.47 Å². The lowest BCUT2D eigenvalue weighted by molar-refractivity contribution is -0.118. The average Bonchev–Trinajstić information content (AvgIpc) is 3.24. The van der Waals surface area contributed by atoms with Crippen molar-refractivity contribution in [1.29, 1.82) is 0 Å². The molecule has 4 aromatic rings. The molecule has 0 unspecified atom stereocenters. The Kier molecular flexibility index (Phi) is 7.44. The summed E-state index contributed by atoms with van der Waals surface area (Å²) in [7, 11) is 1.62. The first-order chi connectivity index (χ1) is 16.5. The molecule has 3 aromatic carbocycles. The number of nitrogens with zero attached hydrogens (tertiary/aromatic N) is 3. The smallest absolute Gasteiger partial charge is 0.230 e. The van der Waals surface area contributed by atoms with E-state index in [0.29, 0.717) is 23.2 Å². The van der Waals surface area contributed by atoms with Crippen LogP contribution in [0.3, 0.4) is 0 Å². The van der Waals surface area contributed by atoms with Crippen LogP contribution in [-0.2, 0) is 11.3 Å². The molecule has 7 nitrogen and oxygen atoms in total. The molecular weight excluding hydrogens is 455 g/mol. The number of carbonyl (C=O) groups is 1. The minimum absolute atomic E-state index is 0.112. The van der Waals surface area contributed by atoms with Crippen molar-refractivity contribution < 1.29 is 18.7 Å². The second-order valence-electron chi connectivity index (χ2n) is 7.33. The fraction of sp³-hybridized carbons (Fsp3) is 0.160. The van der Waals surface area contributed by atoms with Gasteiger partial charge in [-0.1, -0.05) is 23.9 Å². The standard InChI is InChI=1S/C25H23FN4O3S/c1-17-28-29-25(30(17)20-7-13-21(32-2)14-8-20)34-16-24(31)27-15-18-3-9-22(10-4-18)33-23-11-5-19(26)6-12-23/h3-14H,15-16H2,1-2H3,(H,27,31). The van der Waals surface area contributed by atoms with Crippen molar-refractivity contribution in [2.45, 2.75) is 18.6 Å². The molecule has 0 saturated carbocycles. The Morgan fingerprint density at radius 1 is 0.941 bits per heavy atom. The third-order valence-electron chi connectivity index (χ3n) is 4.92. The van der Waals surface area contributed by atoms with Crippen LogP contribution in [-0.4, -0.2) is 33.5 Å². The van der Waals surface area contributed by atoms with Gasteiger partial charge in [0, 0.05) is 12.2 Å².